The smallest absolute Gasteiger partial charge is 0.395 e. The van der Waals surface area contributed by atoms with Gasteiger partial charge in [0.15, 0.2) is 5.76 Å². The highest BCUT2D eigenvalue weighted by molar-refractivity contribution is 5.92. The predicted octanol–water partition coefficient (Wildman–Crippen LogP) is 2.10. The molecule has 0 aliphatic rings. The molecule has 0 fully saturated rings. The van der Waals surface area contributed by atoms with Gasteiger partial charge in [-0.15, -0.1) is 12.4 Å². The molecule has 0 bridgehead atoms. The second-order valence-electron chi connectivity index (χ2n) is 5.21. The molecule has 1 heterocycles. The number of amides is 1. The van der Waals surface area contributed by atoms with Crippen molar-refractivity contribution in [2.75, 3.05) is 6.54 Å². The molecule has 20 heavy (non-hydrogen) atoms. The summed E-state index contributed by atoms with van der Waals surface area (Å²) in [6.45, 7) is 6.16. The maximum absolute atomic E-state index is 12.0. The maximum Gasteiger partial charge on any atom is 0.433 e. The molecule has 7 nitrogen and oxygen atoms in total. The lowest BCUT2D eigenvalue weighted by molar-refractivity contribution is -0.402. The third-order valence-electron chi connectivity index (χ3n) is 2.72. The first-order valence-corrected chi connectivity index (χ1v) is 6.04. The van der Waals surface area contributed by atoms with Crippen LogP contribution in [0.5, 0.6) is 0 Å². The summed E-state index contributed by atoms with van der Waals surface area (Å²) < 4.78 is 4.85. The monoisotopic (exact) mass is 305 g/mol. The molecule has 1 aromatic rings. The van der Waals surface area contributed by atoms with Crippen LogP contribution in [0.25, 0.3) is 0 Å². The summed E-state index contributed by atoms with van der Waals surface area (Å²) in [4.78, 5) is 21.7. The Hall–Kier alpha value is -1.60. The largest absolute Gasteiger partial charge is 0.433 e. The van der Waals surface area contributed by atoms with Crippen LogP contribution in [0.1, 0.15) is 37.7 Å². The molecule has 114 valence electrons. The number of nitrogens with two attached hydrogens (primary N) is 1. The Labute approximate surface area is 123 Å². The summed E-state index contributed by atoms with van der Waals surface area (Å²) in [5.74, 6) is -0.680. The van der Waals surface area contributed by atoms with E-state index in [0.29, 0.717) is 12.3 Å². The lowest BCUT2D eigenvalue weighted by Crippen LogP contribution is -2.52. The quantitative estimate of drug-likeness (QED) is 0.617. The Morgan fingerprint density at radius 2 is 2.15 bits per heavy atom. The van der Waals surface area contributed by atoms with Gasteiger partial charge in [0.25, 0.3) is 5.91 Å². The van der Waals surface area contributed by atoms with Crippen molar-refractivity contribution in [1.29, 1.82) is 0 Å². The van der Waals surface area contributed by atoms with E-state index < -0.39 is 22.3 Å². The maximum atomic E-state index is 12.0. The summed E-state index contributed by atoms with van der Waals surface area (Å²) in [7, 11) is 0. The zero-order chi connectivity index (χ0) is 14.6. The fourth-order valence-corrected chi connectivity index (χ4v) is 1.97. The van der Waals surface area contributed by atoms with Crippen LogP contribution in [0.4, 0.5) is 5.88 Å². The van der Waals surface area contributed by atoms with E-state index in [4.69, 9.17) is 10.2 Å². The number of furan rings is 1. The van der Waals surface area contributed by atoms with Crippen LogP contribution in [0.3, 0.4) is 0 Å². The average molecular weight is 306 g/mol. The molecule has 0 spiro atoms. The van der Waals surface area contributed by atoms with Crippen molar-refractivity contribution in [3.05, 3.63) is 28.0 Å². The van der Waals surface area contributed by atoms with Gasteiger partial charge in [0, 0.05) is 6.54 Å². The van der Waals surface area contributed by atoms with E-state index in [-0.39, 0.29) is 24.7 Å². The number of hydrogen-bond acceptors (Lipinski definition) is 5. The van der Waals surface area contributed by atoms with Crippen molar-refractivity contribution in [2.24, 2.45) is 11.7 Å². The van der Waals surface area contributed by atoms with E-state index in [2.05, 4.69) is 5.32 Å². The molecule has 0 aliphatic carbocycles. The summed E-state index contributed by atoms with van der Waals surface area (Å²) in [5, 5.41) is 13.2. The van der Waals surface area contributed by atoms with Gasteiger partial charge in [0.2, 0.25) is 0 Å². The summed E-state index contributed by atoms with van der Waals surface area (Å²) >= 11 is 0. The summed E-state index contributed by atoms with van der Waals surface area (Å²) in [6, 6.07) is 2.43. The molecule has 0 saturated carbocycles. The van der Waals surface area contributed by atoms with Gasteiger partial charge in [0.05, 0.1) is 11.6 Å². The molecular weight excluding hydrogens is 286 g/mol. The Morgan fingerprint density at radius 1 is 1.55 bits per heavy atom. The Bertz CT molecular complexity index is 475. The van der Waals surface area contributed by atoms with E-state index in [0.717, 1.165) is 6.07 Å². The number of halogens is 1. The van der Waals surface area contributed by atoms with Crippen LogP contribution < -0.4 is 11.1 Å². The van der Waals surface area contributed by atoms with E-state index in [1.54, 1.807) is 0 Å². The molecule has 0 saturated heterocycles. The number of carbonyl (C=O) groups excluding carboxylic acids is 1. The molecule has 1 amide bonds. The molecule has 0 aliphatic heterocycles. The normalized spacial score (nSPS) is 13.4. The minimum Gasteiger partial charge on any atom is -0.395 e. The van der Waals surface area contributed by atoms with Gasteiger partial charge in [-0.25, -0.2) is 0 Å². The SMILES string of the molecule is CC(C)CC(C)(CN)NC(=O)c1ccc([N+](=O)[O-])o1.Cl. The molecule has 8 heteroatoms. The second kappa shape index (κ2) is 7.25. The van der Waals surface area contributed by atoms with Crippen LogP contribution >= 0.6 is 12.4 Å². The average Bonchev–Trinajstić information content (AvgIpc) is 2.77. The number of nitro groups is 1. The summed E-state index contributed by atoms with van der Waals surface area (Å²) in [6.07, 6.45) is 0.706. The van der Waals surface area contributed by atoms with Crippen molar-refractivity contribution < 1.29 is 14.1 Å². The van der Waals surface area contributed by atoms with Crippen LogP contribution in [0.2, 0.25) is 0 Å². The van der Waals surface area contributed by atoms with Gasteiger partial charge in [0.1, 0.15) is 4.92 Å². The lowest BCUT2D eigenvalue weighted by atomic mass is 9.90. The minimum atomic E-state index is -0.687. The molecule has 1 unspecified atom stereocenters. The third-order valence-corrected chi connectivity index (χ3v) is 2.72. The van der Waals surface area contributed by atoms with Gasteiger partial charge >= 0.3 is 5.88 Å². The molecule has 1 rings (SSSR count). The van der Waals surface area contributed by atoms with E-state index >= 15 is 0 Å². The first-order valence-electron chi connectivity index (χ1n) is 6.04. The highest BCUT2D eigenvalue weighted by Gasteiger charge is 2.28. The molecule has 1 atom stereocenters. The molecule has 1 aromatic heterocycles. The third kappa shape index (κ3) is 4.82. The topological polar surface area (TPSA) is 111 Å². The Kier molecular flexibility index (Phi) is 6.67. The number of hydrogen-bond donors (Lipinski definition) is 2. The van der Waals surface area contributed by atoms with Gasteiger partial charge in [-0.2, -0.15) is 0 Å². The van der Waals surface area contributed by atoms with E-state index in [1.807, 2.05) is 20.8 Å². The van der Waals surface area contributed by atoms with Gasteiger partial charge < -0.3 is 15.5 Å². The predicted molar refractivity (Wildman–Crippen MR) is 77.0 cm³/mol. The van der Waals surface area contributed by atoms with Crippen molar-refractivity contribution >= 4 is 24.2 Å². The zero-order valence-electron chi connectivity index (χ0n) is 11.7. The molecule has 0 radical (unpaired) electrons. The van der Waals surface area contributed by atoms with Gasteiger partial charge in [-0.05, 0) is 25.3 Å². The Balaban J connectivity index is 0.00000361. The highest BCUT2D eigenvalue weighted by Crippen LogP contribution is 2.19. The standard InChI is InChI=1S/C12H19N3O4.ClH/c1-8(2)6-12(3,7-13)14-11(16)9-4-5-10(19-9)15(17)18;/h4-5,8H,6-7,13H2,1-3H3,(H,14,16);1H. The van der Waals surface area contributed by atoms with Crippen molar-refractivity contribution in [1.82, 2.24) is 5.32 Å². The van der Waals surface area contributed by atoms with Crippen LogP contribution in [0.15, 0.2) is 16.5 Å². The fourth-order valence-electron chi connectivity index (χ4n) is 1.97. The number of nitrogens with zero attached hydrogens (tertiary/aromatic N) is 1. The van der Waals surface area contributed by atoms with Crippen molar-refractivity contribution in [2.45, 2.75) is 32.7 Å². The van der Waals surface area contributed by atoms with Crippen molar-refractivity contribution in [3.8, 4) is 0 Å². The number of nitrogens with one attached hydrogen (secondary N) is 1. The van der Waals surface area contributed by atoms with Gasteiger partial charge in [-0.1, -0.05) is 13.8 Å². The van der Waals surface area contributed by atoms with Crippen LogP contribution in [-0.4, -0.2) is 22.9 Å². The first kappa shape index (κ1) is 18.4. The van der Waals surface area contributed by atoms with Crippen LogP contribution in [0, 0.1) is 16.0 Å². The highest BCUT2D eigenvalue weighted by atomic mass is 35.5. The zero-order valence-corrected chi connectivity index (χ0v) is 12.5. The molecule has 3 N–H and O–H groups in total. The molecular formula is C12H20ClN3O4. The number of rotatable bonds is 6. The van der Waals surface area contributed by atoms with E-state index in [1.165, 1.54) is 6.07 Å². The van der Waals surface area contributed by atoms with E-state index in [9.17, 15) is 14.9 Å². The lowest BCUT2D eigenvalue weighted by Gasteiger charge is -2.30. The Morgan fingerprint density at radius 3 is 2.55 bits per heavy atom. The number of carbonyl (C=O) groups is 1. The second-order valence-corrected chi connectivity index (χ2v) is 5.21. The van der Waals surface area contributed by atoms with Gasteiger partial charge in [-0.3, -0.25) is 14.9 Å². The minimum absolute atomic E-state index is 0. The first-order chi connectivity index (χ1) is 8.77. The van der Waals surface area contributed by atoms with Crippen LogP contribution in [-0.2, 0) is 0 Å². The fraction of sp³-hybridized carbons (Fsp3) is 0.583. The molecule has 0 aromatic carbocycles. The summed E-state index contributed by atoms with van der Waals surface area (Å²) in [5.41, 5.74) is 5.12. The van der Waals surface area contributed by atoms with Crippen molar-refractivity contribution in [3.63, 3.8) is 0 Å².